The third-order valence-electron chi connectivity index (χ3n) is 3.09. The van der Waals surface area contributed by atoms with Crippen molar-refractivity contribution in [3.63, 3.8) is 0 Å². The molecule has 0 unspecified atom stereocenters. The third kappa shape index (κ3) is 9.10. The van der Waals surface area contributed by atoms with Crippen LogP contribution in [0.4, 0.5) is 5.69 Å². The number of halogens is 2. The van der Waals surface area contributed by atoms with Crippen molar-refractivity contribution < 1.29 is 14.6 Å². The summed E-state index contributed by atoms with van der Waals surface area (Å²) >= 11 is 0. The van der Waals surface area contributed by atoms with E-state index in [-0.39, 0.29) is 24.8 Å². The van der Waals surface area contributed by atoms with Gasteiger partial charge in [-0.1, -0.05) is 12.1 Å². The monoisotopic (exact) mass is 352 g/mol. The predicted octanol–water partition coefficient (Wildman–Crippen LogP) is 2.70. The maximum atomic E-state index is 10.5. The van der Waals surface area contributed by atoms with E-state index in [9.17, 15) is 4.79 Å². The minimum Gasteiger partial charge on any atom is -0.480 e. The Kier molecular flexibility index (Phi) is 13.2. The minimum atomic E-state index is -0.938. The maximum Gasteiger partial charge on any atom is 0.320 e. The Morgan fingerprint density at radius 3 is 2.32 bits per heavy atom. The van der Waals surface area contributed by atoms with Gasteiger partial charge >= 0.3 is 5.97 Å². The molecule has 0 spiro atoms. The summed E-state index contributed by atoms with van der Waals surface area (Å²) in [7, 11) is 4.01. The number of hydrogen-bond donors (Lipinski definition) is 2. The summed E-state index contributed by atoms with van der Waals surface area (Å²) in [5, 5.41) is 8.64. The van der Waals surface area contributed by atoms with Gasteiger partial charge < -0.3 is 20.5 Å². The van der Waals surface area contributed by atoms with Crippen LogP contribution in [0, 0.1) is 0 Å². The standard InChI is InChI=1S/C15H24N2O3.2ClH/c1-17(2)13-8-6-12(7-9-13)11-20-10-4-3-5-14(16)15(18)19;;/h6-9,14H,3-5,10-11,16H2,1-2H3,(H,18,19);2*1H/t14-;;/m0../s1. The smallest absolute Gasteiger partial charge is 0.320 e. The highest BCUT2D eigenvalue weighted by atomic mass is 35.5. The van der Waals surface area contributed by atoms with E-state index in [1.54, 1.807) is 0 Å². The lowest BCUT2D eigenvalue weighted by Crippen LogP contribution is -2.29. The highest BCUT2D eigenvalue weighted by Gasteiger charge is 2.09. The second-order valence-corrected chi connectivity index (χ2v) is 5.05. The number of carboxylic acid groups (broad SMARTS) is 1. The van der Waals surface area contributed by atoms with Gasteiger partial charge in [-0.2, -0.15) is 0 Å². The number of carbonyl (C=O) groups is 1. The molecule has 3 N–H and O–H groups in total. The zero-order valence-electron chi connectivity index (χ0n) is 13.0. The average Bonchev–Trinajstić information content (AvgIpc) is 2.42. The molecule has 0 fully saturated rings. The lowest BCUT2D eigenvalue weighted by atomic mass is 10.1. The molecule has 1 aromatic carbocycles. The summed E-state index contributed by atoms with van der Waals surface area (Å²) in [6.45, 7) is 1.21. The predicted molar refractivity (Wildman–Crippen MR) is 94.4 cm³/mol. The van der Waals surface area contributed by atoms with Crippen LogP contribution in [0.25, 0.3) is 0 Å². The molecular formula is C15H26Cl2N2O3. The SMILES string of the molecule is CN(C)c1ccc(COCCCC[C@H](N)C(=O)O)cc1.Cl.Cl. The quantitative estimate of drug-likeness (QED) is 0.668. The summed E-state index contributed by atoms with van der Waals surface area (Å²) < 4.78 is 5.56. The van der Waals surface area contributed by atoms with E-state index in [2.05, 4.69) is 29.2 Å². The van der Waals surface area contributed by atoms with Gasteiger partial charge in [0.05, 0.1) is 6.61 Å². The fraction of sp³-hybridized carbons (Fsp3) is 0.533. The number of ether oxygens (including phenoxy) is 1. The Balaban J connectivity index is 0. The number of carboxylic acids is 1. The molecule has 1 rings (SSSR count). The molecule has 128 valence electrons. The number of nitrogens with two attached hydrogens (primary N) is 1. The van der Waals surface area contributed by atoms with E-state index in [0.29, 0.717) is 19.6 Å². The molecule has 0 aliphatic carbocycles. The molecule has 0 bridgehead atoms. The Morgan fingerprint density at radius 1 is 1.23 bits per heavy atom. The van der Waals surface area contributed by atoms with E-state index in [1.807, 2.05) is 14.1 Å². The van der Waals surface area contributed by atoms with Crippen molar-refractivity contribution >= 4 is 36.5 Å². The third-order valence-corrected chi connectivity index (χ3v) is 3.09. The van der Waals surface area contributed by atoms with E-state index >= 15 is 0 Å². The second kappa shape index (κ2) is 12.5. The van der Waals surface area contributed by atoms with Gasteiger partial charge in [0, 0.05) is 26.4 Å². The van der Waals surface area contributed by atoms with Gasteiger partial charge in [0.1, 0.15) is 6.04 Å². The highest BCUT2D eigenvalue weighted by Crippen LogP contribution is 2.13. The zero-order chi connectivity index (χ0) is 15.0. The first-order chi connectivity index (χ1) is 9.50. The topological polar surface area (TPSA) is 75.8 Å². The second-order valence-electron chi connectivity index (χ2n) is 5.05. The van der Waals surface area contributed by atoms with E-state index in [4.69, 9.17) is 15.6 Å². The van der Waals surface area contributed by atoms with Crippen LogP contribution in [-0.2, 0) is 16.1 Å². The van der Waals surface area contributed by atoms with Gasteiger partial charge in [-0.25, -0.2) is 0 Å². The lowest BCUT2D eigenvalue weighted by molar-refractivity contribution is -0.138. The van der Waals surface area contributed by atoms with Crippen molar-refractivity contribution in [1.82, 2.24) is 0 Å². The fourth-order valence-corrected chi connectivity index (χ4v) is 1.77. The first kappa shape index (κ1) is 23.3. The summed E-state index contributed by atoms with van der Waals surface area (Å²) in [5.74, 6) is -0.938. The van der Waals surface area contributed by atoms with Crippen LogP contribution < -0.4 is 10.6 Å². The molecule has 22 heavy (non-hydrogen) atoms. The van der Waals surface area contributed by atoms with Crippen LogP contribution in [0.3, 0.4) is 0 Å². The summed E-state index contributed by atoms with van der Waals surface area (Å²) in [6.07, 6.45) is 2.10. The number of aliphatic carboxylic acids is 1. The summed E-state index contributed by atoms with van der Waals surface area (Å²) in [6, 6.07) is 7.47. The van der Waals surface area contributed by atoms with Crippen molar-refractivity contribution in [2.75, 3.05) is 25.6 Å². The largest absolute Gasteiger partial charge is 0.480 e. The normalized spacial score (nSPS) is 11.0. The molecule has 7 heteroatoms. The van der Waals surface area contributed by atoms with Gasteiger partial charge in [0.25, 0.3) is 0 Å². The first-order valence-electron chi connectivity index (χ1n) is 6.83. The van der Waals surface area contributed by atoms with Crippen LogP contribution in [-0.4, -0.2) is 37.8 Å². The fourth-order valence-electron chi connectivity index (χ4n) is 1.77. The van der Waals surface area contributed by atoms with Gasteiger partial charge in [0.15, 0.2) is 0 Å². The molecule has 0 aliphatic heterocycles. The number of benzene rings is 1. The van der Waals surface area contributed by atoms with Gasteiger partial charge in [-0.05, 0) is 37.0 Å². The molecule has 5 nitrogen and oxygen atoms in total. The van der Waals surface area contributed by atoms with Crippen molar-refractivity contribution in [3.05, 3.63) is 29.8 Å². The molecule has 0 saturated heterocycles. The number of hydrogen-bond acceptors (Lipinski definition) is 4. The van der Waals surface area contributed by atoms with Gasteiger partial charge in [-0.3, -0.25) is 4.79 Å². The lowest BCUT2D eigenvalue weighted by Gasteiger charge is -2.12. The molecule has 0 heterocycles. The zero-order valence-corrected chi connectivity index (χ0v) is 14.7. The molecule has 0 aromatic heterocycles. The number of nitrogens with zero attached hydrogens (tertiary/aromatic N) is 1. The Bertz CT molecular complexity index is 414. The Morgan fingerprint density at radius 2 is 1.82 bits per heavy atom. The van der Waals surface area contributed by atoms with Crippen molar-refractivity contribution in [2.24, 2.45) is 5.73 Å². The molecule has 1 aromatic rings. The average molecular weight is 353 g/mol. The van der Waals surface area contributed by atoms with Crippen molar-refractivity contribution in [3.8, 4) is 0 Å². The maximum absolute atomic E-state index is 10.5. The minimum absolute atomic E-state index is 0. The Labute approximate surface area is 144 Å². The van der Waals surface area contributed by atoms with Crippen LogP contribution in [0.2, 0.25) is 0 Å². The summed E-state index contributed by atoms with van der Waals surface area (Å²) in [5.41, 5.74) is 7.72. The van der Waals surface area contributed by atoms with Crippen LogP contribution >= 0.6 is 24.8 Å². The van der Waals surface area contributed by atoms with Gasteiger partial charge in [-0.15, -0.1) is 24.8 Å². The molecule has 0 saturated carbocycles. The van der Waals surface area contributed by atoms with E-state index in [1.165, 1.54) is 0 Å². The molecule has 0 aliphatic rings. The molecule has 1 atom stereocenters. The molecule has 0 amide bonds. The highest BCUT2D eigenvalue weighted by molar-refractivity contribution is 5.85. The Hall–Kier alpha value is -1.01. The van der Waals surface area contributed by atoms with Crippen LogP contribution in [0.5, 0.6) is 0 Å². The van der Waals surface area contributed by atoms with Gasteiger partial charge in [0.2, 0.25) is 0 Å². The number of rotatable bonds is 9. The van der Waals surface area contributed by atoms with Crippen LogP contribution in [0.1, 0.15) is 24.8 Å². The van der Waals surface area contributed by atoms with E-state index < -0.39 is 12.0 Å². The van der Waals surface area contributed by atoms with E-state index in [0.717, 1.165) is 24.1 Å². The van der Waals surface area contributed by atoms with Crippen LogP contribution in [0.15, 0.2) is 24.3 Å². The van der Waals surface area contributed by atoms with Crippen molar-refractivity contribution in [1.29, 1.82) is 0 Å². The summed E-state index contributed by atoms with van der Waals surface area (Å²) in [4.78, 5) is 12.6. The first-order valence-corrected chi connectivity index (χ1v) is 6.83. The number of unbranched alkanes of at least 4 members (excludes halogenated alkanes) is 1. The molecule has 0 radical (unpaired) electrons. The van der Waals surface area contributed by atoms with Crippen molar-refractivity contribution in [2.45, 2.75) is 31.9 Å². The number of anilines is 1. The molecular weight excluding hydrogens is 327 g/mol.